The van der Waals surface area contributed by atoms with Crippen molar-refractivity contribution in [2.24, 2.45) is 0 Å². The van der Waals surface area contributed by atoms with Gasteiger partial charge >= 0.3 is 0 Å². The van der Waals surface area contributed by atoms with Crippen LogP contribution < -0.4 is 5.32 Å². The first-order chi connectivity index (χ1) is 10.2. The summed E-state index contributed by atoms with van der Waals surface area (Å²) in [6.45, 7) is 4.86. The molecule has 0 saturated carbocycles. The zero-order chi connectivity index (χ0) is 14.8. The minimum atomic E-state index is -0.294. The summed E-state index contributed by atoms with van der Waals surface area (Å²) in [5.41, 5.74) is 1.44. The minimum Gasteiger partial charge on any atom is -0.369 e. The fraction of sp³-hybridized carbons (Fsp3) is 0.250. The monoisotopic (exact) mass is 301 g/mol. The summed E-state index contributed by atoms with van der Waals surface area (Å²) >= 11 is 1.54. The molecule has 0 amide bonds. The van der Waals surface area contributed by atoms with Crippen LogP contribution in [0, 0.1) is 12.7 Å². The quantitative estimate of drug-likeness (QED) is 0.763. The molecule has 0 spiro atoms. The molecule has 5 heteroatoms. The molecule has 3 aromatic rings. The van der Waals surface area contributed by atoms with Gasteiger partial charge in [0.05, 0.1) is 10.9 Å². The molecule has 0 unspecified atom stereocenters. The maximum atomic E-state index is 14.1. The highest BCUT2D eigenvalue weighted by Crippen LogP contribution is 2.29. The zero-order valence-electron chi connectivity index (χ0n) is 12.0. The predicted octanol–water partition coefficient (Wildman–Crippen LogP) is 4.63. The van der Waals surface area contributed by atoms with E-state index in [-0.39, 0.29) is 5.82 Å². The third-order valence-electron chi connectivity index (χ3n) is 3.23. The first kappa shape index (κ1) is 13.9. The summed E-state index contributed by atoms with van der Waals surface area (Å²) < 4.78 is 14.1. The molecule has 0 bridgehead atoms. The van der Waals surface area contributed by atoms with E-state index in [1.165, 1.54) is 6.07 Å². The molecule has 0 saturated heterocycles. The lowest BCUT2D eigenvalue weighted by Gasteiger charge is -2.09. The summed E-state index contributed by atoms with van der Waals surface area (Å²) in [6, 6.07) is 6.99. The summed E-state index contributed by atoms with van der Waals surface area (Å²) in [5.74, 6) is 0.918. The second-order valence-electron chi connectivity index (χ2n) is 4.95. The van der Waals surface area contributed by atoms with Crippen LogP contribution in [0.1, 0.15) is 18.9 Å². The predicted molar refractivity (Wildman–Crippen MR) is 86.3 cm³/mol. The molecule has 2 heterocycles. The number of rotatable bonds is 4. The lowest BCUT2D eigenvalue weighted by Crippen LogP contribution is -2.04. The van der Waals surface area contributed by atoms with E-state index in [0.29, 0.717) is 11.4 Å². The van der Waals surface area contributed by atoms with Crippen molar-refractivity contribution >= 4 is 27.4 Å². The normalized spacial score (nSPS) is 11.0. The number of thiophene rings is 1. The largest absolute Gasteiger partial charge is 0.369 e. The first-order valence-electron chi connectivity index (χ1n) is 6.94. The average molecular weight is 301 g/mol. The smallest absolute Gasteiger partial charge is 0.166 e. The van der Waals surface area contributed by atoms with Crippen LogP contribution in [-0.2, 0) is 0 Å². The van der Waals surface area contributed by atoms with Gasteiger partial charge in [-0.2, -0.15) is 0 Å². The molecule has 0 fully saturated rings. The molecular formula is C16H16FN3S. The third-order valence-corrected chi connectivity index (χ3v) is 4.04. The summed E-state index contributed by atoms with van der Waals surface area (Å²) in [5, 5.41) is 6.27. The van der Waals surface area contributed by atoms with Gasteiger partial charge in [-0.15, -0.1) is 11.3 Å². The zero-order valence-corrected chi connectivity index (χ0v) is 12.8. The van der Waals surface area contributed by atoms with Crippen molar-refractivity contribution in [1.29, 1.82) is 0 Å². The lowest BCUT2D eigenvalue weighted by molar-refractivity contribution is 0.629. The van der Waals surface area contributed by atoms with E-state index in [4.69, 9.17) is 0 Å². The van der Waals surface area contributed by atoms with E-state index < -0.39 is 0 Å². The van der Waals surface area contributed by atoms with E-state index in [0.717, 1.165) is 34.6 Å². The van der Waals surface area contributed by atoms with Crippen LogP contribution in [0.25, 0.3) is 21.6 Å². The van der Waals surface area contributed by atoms with Crippen LogP contribution in [0.5, 0.6) is 0 Å². The Morgan fingerprint density at radius 2 is 2.10 bits per heavy atom. The van der Waals surface area contributed by atoms with Crippen molar-refractivity contribution < 1.29 is 4.39 Å². The van der Waals surface area contributed by atoms with E-state index in [1.807, 2.05) is 18.4 Å². The molecule has 0 atom stereocenters. The van der Waals surface area contributed by atoms with Gasteiger partial charge < -0.3 is 5.32 Å². The van der Waals surface area contributed by atoms with Gasteiger partial charge in [-0.3, -0.25) is 0 Å². The van der Waals surface area contributed by atoms with Gasteiger partial charge in [0, 0.05) is 6.54 Å². The molecular weight excluding hydrogens is 285 g/mol. The number of nitrogens with zero attached hydrogens (tertiary/aromatic N) is 2. The molecule has 21 heavy (non-hydrogen) atoms. The number of fused-ring (bicyclic) bond motifs is 1. The van der Waals surface area contributed by atoms with Crippen LogP contribution in [0.4, 0.5) is 10.2 Å². The van der Waals surface area contributed by atoms with E-state index in [9.17, 15) is 4.39 Å². The summed E-state index contributed by atoms with van der Waals surface area (Å²) in [7, 11) is 0. The van der Waals surface area contributed by atoms with Crippen LogP contribution >= 0.6 is 11.3 Å². The van der Waals surface area contributed by atoms with Gasteiger partial charge in [-0.25, -0.2) is 14.4 Å². The second kappa shape index (κ2) is 5.77. The standard InChI is InChI=1S/C16H16FN3S/c1-3-7-18-14-11-6-8-21-16(11)20-15(19-14)12-9-10(2)4-5-13(12)17/h4-6,8-9H,3,7H2,1-2H3,(H,18,19,20). The van der Waals surface area contributed by atoms with Crippen molar-refractivity contribution in [2.45, 2.75) is 20.3 Å². The maximum absolute atomic E-state index is 14.1. The van der Waals surface area contributed by atoms with Gasteiger partial charge in [-0.1, -0.05) is 18.6 Å². The molecule has 0 aliphatic carbocycles. The third kappa shape index (κ3) is 2.74. The van der Waals surface area contributed by atoms with Gasteiger partial charge in [-0.05, 0) is 36.9 Å². The number of aromatic nitrogens is 2. The van der Waals surface area contributed by atoms with Crippen LogP contribution in [-0.4, -0.2) is 16.5 Å². The maximum Gasteiger partial charge on any atom is 0.166 e. The highest BCUT2D eigenvalue weighted by molar-refractivity contribution is 7.16. The molecule has 0 aliphatic rings. The van der Waals surface area contributed by atoms with Crippen molar-refractivity contribution in [3.8, 4) is 11.4 Å². The topological polar surface area (TPSA) is 37.8 Å². The number of halogens is 1. The van der Waals surface area contributed by atoms with Crippen molar-refractivity contribution in [1.82, 2.24) is 9.97 Å². The molecule has 2 aromatic heterocycles. The Labute approximate surface area is 126 Å². The molecule has 3 nitrogen and oxygen atoms in total. The first-order valence-corrected chi connectivity index (χ1v) is 7.82. The van der Waals surface area contributed by atoms with Crippen LogP contribution in [0.2, 0.25) is 0 Å². The molecule has 0 radical (unpaired) electrons. The van der Waals surface area contributed by atoms with Crippen molar-refractivity contribution in [3.63, 3.8) is 0 Å². The molecule has 108 valence electrons. The Hall–Kier alpha value is -2.01. The minimum absolute atomic E-state index is 0.294. The van der Waals surface area contributed by atoms with Gasteiger partial charge in [0.15, 0.2) is 5.82 Å². The van der Waals surface area contributed by atoms with Crippen LogP contribution in [0.15, 0.2) is 29.6 Å². The fourth-order valence-corrected chi connectivity index (χ4v) is 2.93. The molecule has 1 aromatic carbocycles. The molecule has 3 rings (SSSR count). The average Bonchev–Trinajstić information content (AvgIpc) is 2.95. The van der Waals surface area contributed by atoms with E-state index in [1.54, 1.807) is 23.5 Å². The summed E-state index contributed by atoms with van der Waals surface area (Å²) in [4.78, 5) is 9.91. The second-order valence-corrected chi connectivity index (χ2v) is 5.84. The number of anilines is 1. The Bertz CT molecular complexity index is 782. The Morgan fingerprint density at radius 3 is 2.90 bits per heavy atom. The number of hydrogen-bond donors (Lipinski definition) is 1. The fourth-order valence-electron chi connectivity index (χ4n) is 2.16. The van der Waals surface area contributed by atoms with Gasteiger partial charge in [0.1, 0.15) is 16.5 Å². The SMILES string of the molecule is CCCNc1nc(-c2cc(C)ccc2F)nc2sccc12. The van der Waals surface area contributed by atoms with Gasteiger partial charge in [0.2, 0.25) is 0 Å². The number of nitrogens with one attached hydrogen (secondary N) is 1. The highest BCUT2D eigenvalue weighted by atomic mass is 32.1. The van der Waals surface area contributed by atoms with Crippen LogP contribution in [0.3, 0.4) is 0 Å². The van der Waals surface area contributed by atoms with Gasteiger partial charge in [0.25, 0.3) is 0 Å². The summed E-state index contributed by atoms with van der Waals surface area (Å²) in [6.07, 6.45) is 1.00. The van der Waals surface area contributed by atoms with E-state index >= 15 is 0 Å². The number of hydrogen-bond acceptors (Lipinski definition) is 4. The Balaban J connectivity index is 2.16. The molecule has 0 aliphatic heterocycles. The number of benzene rings is 1. The lowest BCUT2D eigenvalue weighted by atomic mass is 10.1. The van der Waals surface area contributed by atoms with Crippen molar-refractivity contribution in [2.75, 3.05) is 11.9 Å². The van der Waals surface area contributed by atoms with Crippen molar-refractivity contribution in [3.05, 3.63) is 41.0 Å². The Kier molecular flexibility index (Phi) is 3.84. The van der Waals surface area contributed by atoms with E-state index in [2.05, 4.69) is 22.2 Å². The highest BCUT2D eigenvalue weighted by Gasteiger charge is 2.13. The number of aryl methyl sites for hydroxylation is 1. The molecule has 1 N–H and O–H groups in total. The Morgan fingerprint density at radius 1 is 1.24 bits per heavy atom.